The van der Waals surface area contributed by atoms with Gasteiger partial charge >= 0.3 is 5.97 Å². The van der Waals surface area contributed by atoms with E-state index >= 15 is 0 Å². The summed E-state index contributed by atoms with van der Waals surface area (Å²) in [5.74, 6) is -0.553. The summed E-state index contributed by atoms with van der Waals surface area (Å²) in [6.45, 7) is 13.3. The maximum Gasteiger partial charge on any atom is 0.308 e. The Balaban J connectivity index is 1.62. The van der Waals surface area contributed by atoms with E-state index in [0.717, 1.165) is 44.9 Å². The number of fused-ring (bicyclic) bond motifs is 7. The molecule has 196 valence electrons. The maximum atomic E-state index is 14.3. The summed E-state index contributed by atoms with van der Waals surface area (Å²) >= 11 is 0. The number of hydrogen-bond acceptors (Lipinski definition) is 5. The van der Waals surface area contributed by atoms with E-state index in [2.05, 4.69) is 33.8 Å². The second-order valence-corrected chi connectivity index (χ2v) is 14.5. The minimum Gasteiger partial charge on any atom is -0.469 e. The van der Waals surface area contributed by atoms with Crippen molar-refractivity contribution in [3.05, 3.63) is 11.6 Å². The van der Waals surface area contributed by atoms with Crippen LogP contribution in [0.5, 0.6) is 0 Å². The highest BCUT2D eigenvalue weighted by Crippen LogP contribution is 2.74. The predicted octanol–water partition coefficient (Wildman–Crippen LogP) is 6.07. The lowest BCUT2D eigenvalue weighted by Crippen LogP contribution is -2.67. The number of carbonyl (C=O) groups is 3. The number of ether oxygens (including phenoxy) is 1. The van der Waals surface area contributed by atoms with Crippen molar-refractivity contribution in [2.45, 2.75) is 92.9 Å². The first-order valence-electron chi connectivity index (χ1n) is 14.0. The highest BCUT2D eigenvalue weighted by molar-refractivity contribution is 5.97. The molecule has 0 N–H and O–H groups in total. The van der Waals surface area contributed by atoms with Crippen LogP contribution in [-0.4, -0.2) is 24.6 Å². The molecule has 0 aromatic heterocycles. The van der Waals surface area contributed by atoms with Gasteiger partial charge in [0.1, 0.15) is 5.92 Å². The number of nitriles is 1. The summed E-state index contributed by atoms with van der Waals surface area (Å²) in [5, 5.41) is 9.90. The molecule has 0 spiro atoms. The minimum absolute atomic E-state index is 0.0475. The van der Waals surface area contributed by atoms with Crippen LogP contribution in [0.15, 0.2) is 11.6 Å². The quantitative estimate of drug-likeness (QED) is 0.414. The van der Waals surface area contributed by atoms with Crippen LogP contribution in [0.25, 0.3) is 0 Å². The number of Topliss-reactive ketones (excluding diaryl/α,β-unsaturated/α-hetero) is 1. The third kappa shape index (κ3) is 3.02. The topological polar surface area (TPSA) is 84.2 Å². The first-order chi connectivity index (χ1) is 16.7. The van der Waals surface area contributed by atoms with Gasteiger partial charge in [0.2, 0.25) is 0 Å². The molecule has 5 aliphatic carbocycles. The van der Waals surface area contributed by atoms with Gasteiger partial charge in [-0.05, 0) is 90.9 Å². The Morgan fingerprint density at radius 3 is 2.36 bits per heavy atom. The highest BCUT2D eigenvalue weighted by Gasteiger charge is 2.71. The second-order valence-electron chi connectivity index (χ2n) is 14.5. The van der Waals surface area contributed by atoms with Gasteiger partial charge in [-0.3, -0.25) is 14.4 Å². The monoisotopic (exact) mass is 493 g/mol. The van der Waals surface area contributed by atoms with Gasteiger partial charge in [-0.1, -0.05) is 47.1 Å². The summed E-state index contributed by atoms with van der Waals surface area (Å²) in [4.78, 5) is 40.1. The number of rotatable bonds is 1. The molecule has 1 unspecified atom stereocenters. The fourth-order valence-corrected chi connectivity index (χ4v) is 10.5. The fourth-order valence-electron chi connectivity index (χ4n) is 10.5. The van der Waals surface area contributed by atoms with Gasteiger partial charge in [-0.2, -0.15) is 5.26 Å². The second kappa shape index (κ2) is 7.78. The van der Waals surface area contributed by atoms with E-state index in [4.69, 9.17) is 4.74 Å². The van der Waals surface area contributed by atoms with Crippen LogP contribution in [-0.2, 0) is 19.1 Å². The zero-order chi connectivity index (χ0) is 26.5. The largest absolute Gasteiger partial charge is 0.469 e. The molecule has 5 rings (SSSR count). The molecule has 4 saturated carbocycles. The summed E-state index contributed by atoms with van der Waals surface area (Å²) < 4.78 is 5.13. The minimum atomic E-state index is -0.650. The number of esters is 1. The summed E-state index contributed by atoms with van der Waals surface area (Å²) in [6, 6.07) is 2.30. The molecule has 5 heteroatoms. The van der Waals surface area contributed by atoms with Gasteiger partial charge in [0, 0.05) is 11.3 Å². The Morgan fingerprint density at radius 1 is 1.03 bits per heavy atom. The molecule has 9 atom stereocenters. The van der Waals surface area contributed by atoms with Crippen LogP contribution in [0.2, 0.25) is 0 Å². The number of carbonyl (C=O) groups excluding carboxylic acids is 3. The van der Waals surface area contributed by atoms with E-state index in [0.29, 0.717) is 6.42 Å². The lowest BCUT2D eigenvalue weighted by molar-refractivity contribution is -0.190. The fraction of sp³-hybridized carbons (Fsp3) is 0.806. The zero-order valence-corrected chi connectivity index (χ0v) is 23.2. The Hall–Kier alpha value is -1.96. The molecule has 0 bridgehead atoms. The molecule has 0 aromatic carbocycles. The highest BCUT2D eigenvalue weighted by atomic mass is 16.5. The number of ketones is 2. The summed E-state index contributed by atoms with van der Waals surface area (Å²) in [5.41, 5.74) is -0.0217. The van der Waals surface area contributed by atoms with E-state index in [9.17, 15) is 19.6 Å². The van der Waals surface area contributed by atoms with E-state index in [-0.39, 0.29) is 57.5 Å². The van der Waals surface area contributed by atoms with Crippen LogP contribution in [0.4, 0.5) is 0 Å². The lowest BCUT2D eigenvalue weighted by Gasteiger charge is -2.69. The van der Waals surface area contributed by atoms with E-state index < -0.39 is 16.7 Å². The maximum absolute atomic E-state index is 14.3. The Bertz CT molecular complexity index is 1100. The zero-order valence-electron chi connectivity index (χ0n) is 23.2. The molecule has 0 radical (unpaired) electrons. The lowest BCUT2D eigenvalue weighted by atomic mass is 9.33. The normalized spacial score (nSPS) is 49.4. The Labute approximate surface area is 216 Å². The van der Waals surface area contributed by atoms with Crippen molar-refractivity contribution in [2.75, 3.05) is 7.11 Å². The predicted molar refractivity (Wildman–Crippen MR) is 136 cm³/mol. The van der Waals surface area contributed by atoms with Gasteiger partial charge in [-0.15, -0.1) is 0 Å². The molecular formula is C31H43NO4. The third-order valence-electron chi connectivity index (χ3n) is 12.7. The van der Waals surface area contributed by atoms with Gasteiger partial charge < -0.3 is 4.74 Å². The molecular weight excluding hydrogens is 450 g/mol. The first-order valence-corrected chi connectivity index (χ1v) is 14.0. The molecule has 36 heavy (non-hydrogen) atoms. The van der Waals surface area contributed by atoms with Crippen LogP contribution >= 0.6 is 0 Å². The molecule has 5 aliphatic rings. The van der Waals surface area contributed by atoms with E-state index in [1.54, 1.807) is 0 Å². The van der Waals surface area contributed by atoms with Crippen molar-refractivity contribution in [1.82, 2.24) is 0 Å². The van der Waals surface area contributed by atoms with Crippen molar-refractivity contribution in [3.8, 4) is 6.07 Å². The molecule has 0 aromatic rings. The summed E-state index contributed by atoms with van der Waals surface area (Å²) in [7, 11) is 1.47. The van der Waals surface area contributed by atoms with Crippen molar-refractivity contribution >= 4 is 17.5 Å². The smallest absolute Gasteiger partial charge is 0.308 e. The standard InChI is InChI=1S/C31H43NO4/c1-27(2)23-9-11-31(6)24(29(23,4)16-19(17-32)25(27)34)22(33)15-21-20-14-18(26(35)36-7)8-10-28(20,3)12-13-30(21,31)5/h15,18-20,23-24H,8-14,16H2,1-7H3/t18-,19?,20+,23-,24+,28+,29-,30+,31+/m0/s1. The van der Waals surface area contributed by atoms with Gasteiger partial charge in [0.25, 0.3) is 0 Å². The molecule has 0 aliphatic heterocycles. The molecule has 0 amide bonds. The van der Waals surface area contributed by atoms with E-state index in [1.807, 2.05) is 19.9 Å². The number of methoxy groups -OCH3 is 1. The van der Waals surface area contributed by atoms with Crippen molar-refractivity contribution in [3.63, 3.8) is 0 Å². The number of allylic oxidation sites excluding steroid dienone is 2. The van der Waals surface area contributed by atoms with Crippen molar-refractivity contribution in [2.24, 2.45) is 56.7 Å². The molecule has 4 fully saturated rings. The molecule has 0 saturated heterocycles. The molecule has 0 heterocycles. The average molecular weight is 494 g/mol. The first kappa shape index (κ1) is 25.7. The Kier molecular flexibility index (Phi) is 5.55. The average Bonchev–Trinajstić information content (AvgIpc) is 2.82. The summed E-state index contributed by atoms with van der Waals surface area (Å²) in [6.07, 6.45) is 9.02. The van der Waals surface area contributed by atoms with Crippen LogP contribution in [0, 0.1) is 68.0 Å². The van der Waals surface area contributed by atoms with Crippen LogP contribution in [0.3, 0.4) is 0 Å². The third-order valence-corrected chi connectivity index (χ3v) is 12.7. The van der Waals surface area contributed by atoms with E-state index in [1.165, 1.54) is 12.7 Å². The SMILES string of the molecule is COC(=O)[C@H]1CC[C@]2(C)CC[C@]3(C)C(=CC(=O)[C@@H]4[C@@]5(C)CC(C#N)C(=O)C(C)(C)[C@@H]5CC[C@]43C)[C@H]2C1. The van der Waals surface area contributed by atoms with Gasteiger partial charge in [0.15, 0.2) is 11.6 Å². The van der Waals surface area contributed by atoms with Crippen molar-refractivity contribution in [1.29, 1.82) is 5.26 Å². The van der Waals surface area contributed by atoms with Crippen LogP contribution < -0.4 is 0 Å². The van der Waals surface area contributed by atoms with Crippen molar-refractivity contribution < 1.29 is 19.1 Å². The van der Waals surface area contributed by atoms with Gasteiger partial charge in [-0.25, -0.2) is 0 Å². The number of hydrogen-bond donors (Lipinski definition) is 0. The Morgan fingerprint density at radius 2 is 1.72 bits per heavy atom. The molecule has 5 nitrogen and oxygen atoms in total. The van der Waals surface area contributed by atoms with Gasteiger partial charge in [0.05, 0.1) is 19.1 Å². The van der Waals surface area contributed by atoms with Crippen LogP contribution in [0.1, 0.15) is 92.9 Å². The number of nitrogens with zero attached hydrogens (tertiary/aromatic N) is 1.